The van der Waals surface area contributed by atoms with Crippen molar-refractivity contribution < 1.29 is 9.53 Å². The SMILES string of the molecule is COC(=O)CC(NCC1CC=CCC1)c1cccs1. The number of carbonyl (C=O) groups excluding carboxylic acids is 1. The van der Waals surface area contributed by atoms with Gasteiger partial charge < -0.3 is 10.1 Å². The van der Waals surface area contributed by atoms with E-state index in [2.05, 4.69) is 23.5 Å². The van der Waals surface area contributed by atoms with Gasteiger partial charge in [0.1, 0.15) is 0 Å². The molecule has 1 heterocycles. The number of nitrogens with one attached hydrogen (secondary N) is 1. The molecule has 0 aromatic carbocycles. The zero-order chi connectivity index (χ0) is 13.5. The first-order valence-electron chi connectivity index (χ1n) is 6.78. The summed E-state index contributed by atoms with van der Waals surface area (Å²) in [6, 6.07) is 4.18. The van der Waals surface area contributed by atoms with Crippen molar-refractivity contribution >= 4 is 17.3 Å². The quantitative estimate of drug-likeness (QED) is 0.641. The van der Waals surface area contributed by atoms with Crippen LogP contribution in [0.4, 0.5) is 0 Å². The maximum atomic E-state index is 11.5. The van der Waals surface area contributed by atoms with Gasteiger partial charge in [-0.05, 0) is 43.2 Å². The van der Waals surface area contributed by atoms with Gasteiger partial charge in [-0.3, -0.25) is 4.79 Å². The van der Waals surface area contributed by atoms with Gasteiger partial charge in [0, 0.05) is 4.88 Å². The van der Waals surface area contributed by atoms with Gasteiger partial charge in [0.25, 0.3) is 0 Å². The topological polar surface area (TPSA) is 38.3 Å². The summed E-state index contributed by atoms with van der Waals surface area (Å²) in [5.41, 5.74) is 0. The molecule has 104 valence electrons. The van der Waals surface area contributed by atoms with Gasteiger partial charge in [0.05, 0.1) is 19.6 Å². The lowest BCUT2D eigenvalue weighted by Crippen LogP contribution is -2.29. The minimum absolute atomic E-state index is 0.0818. The van der Waals surface area contributed by atoms with Gasteiger partial charge in [-0.25, -0.2) is 0 Å². The predicted molar refractivity (Wildman–Crippen MR) is 78.2 cm³/mol. The number of carbonyl (C=O) groups is 1. The summed E-state index contributed by atoms with van der Waals surface area (Å²) in [5.74, 6) is 0.527. The fraction of sp³-hybridized carbons (Fsp3) is 0.533. The highest BCUT2D eigenvalue weighted by Gasteiger charge is 2.19. The summed E-state index contributed by atoms with van der Waals surface area (Å²) < 4.78 is 4.79. The highest BCUT2D eigenvalue weighted by molar-refractivity contribution is 7.10. The van der Waals surface area contributed by atoms with Crippen LogP contribution in [0.5, 0.6) is 0 Å². The summed E-state index contributed by atoms with van der Waals surface area (Å²) in [6.45, 7) is 0.962. The molecule has 1 aliphatic carbocycles. The molecular formula is C15H21NO2S. The second-order valence-electron chi connectivity index (χ2n) is 4.91. The Morgan fingerprint density at radius 2 is 2.47 bits per heavy atom. The van der Waals surface area contributed by atoms with Crippen molar-refractivity contribution in [2.45, 2.75) is 31.7 Å². The average Bonchev–Trinajstić information content (AvgIpc) is 2.98. The smallest absolute Gasteiger partial charge is 0.307 e. The molecule has 0 saturated carbocycles. The number of ether oxygens (including phenoxy) is 1. The van der Waals surface area contributed by atoms with E-state index in [1.54, 1.807) is 11.3 Å². The lowest BCUT2D eigenvalue weighted by Gasteiger charge is -2.22. The summed E-state index contributed by atoms with van der Waals surface area (Å²) in [5, 5.41) is 5.58. The van der Waals surface area contributed by atoms with E-state index in [9.17, 15) is 4.79 Å². The van der Waals surface area contributed by atoms with Crippen LogP contribution in [0, 0.1) is 5.92 Å². The van der Waals surface area contributed by atoms with Crippen molar-refractivity contribution in [2.24, 2.45) is 5.92 Å². The van der Waals surface area contributed by atoms with Gasteiger partial charge in [-0.15, -0.1) is 11.3 Å². The third kappa shape index (κ3) is 4.48. The first-order chi connectivity index (χ1) is 9.29. The molecule has 0 spiro atoms. The monoisotopic (exact) mass is 279 g/mol. The Labute approximate surface area is 118 Å². The molecule has 1 N–H and O–H groups in total. The molecule has 2 atom stereocenters. The minimum atomic E-state index is -0.158. The molecule has 2 rings (SSSR count). The van der Waals surface area contributed by atoms with Gasteiger partial charge in [-0.2, -0.15) is 0 Å². The van der Waals surface area contributed by atoms with Crippen molar-refractivity contribution in [1.82, 2.24) is 5.32 Å². The molecule has 1 aliphatic rings. The van der Waals surface area contributed by atoms with E-state index >= 15 is 0 Å². The first-order valence-corrected chi connectivity index (χ1v) is 7.66. The van der Waals surface area contributed by atoms with Crippen LogP contribution in [-0.4, -0.2) is 19.6 Å². The van der Waals surface area contributed by atoms with Crippen LogP contribution >= 0.6 is 11.3 Å². The van der Waals surface area contributed by atoms with Gasteiger partial charge in [0.2, 0.25) is 0 Å². The van der Waals surface area contributed by atoms with Crippen molar-refractivity contribution in [3.63, 3.8) is 0 Å². The Kier molecular flexibility index (Phi) is 5.61. The van der Waals surface area contributed by atoms with E-state index in [4.69, 9.17) is 4.74 Å². The zero-order valence-corrected chi connectivity index (χ0v) is 12.1. The largest absolute Gasteiger partial charge is 0.469 e. The van der Waals surface area contributed by atoms with Crippen LogP contribution in [0.1, 0.15) is 36.6 Å². The van der Waals surface area contributed by atoms with E-state index < -0.39 is 0 Å². The van der Waals surface area contributed by atoms with E-state index in [0.29, 0.717) is 12.3 Å². The van der Waals surface area contributed by atoms with Crippen LogP contribution in [0.2, 0.25) is 0 Å². The first kappa shape index (κ1) is 14.3. The number of esters is 1. The number of thiophene rings is 1. The van der Waals surface area contributed by atoms with Crippen LogP contribution in [-0.2, 0) is 9.53 Å². The summed E-state index contributed by atoms with van der Waals surface area (Å²) in [7, 11) is 1.44. The molecule has 0 fully saturated rings. The molecule has 3 nitrogen and oxygen atoms in total. The molecule has 19 heavy (non-hydrogen) atoms. The molecule has 0 aliphatic heterocycles. The summed E-state index contributed by atoms with van der Waals surface area (Å²) in [4.78, 5) is 12.7. The standard InChI is InChI=1S/C15H21NO2S/c1-18-15(17)10-13(14-8-5-9-19-14)16-11-12-6-3-2-4-7-12/h2-3,5,8-9,12-13,16H,4,6-7,10-11H2,1H3. The van der Waals surface area contributed by atoms with Crippen molar-refractivity contribution in [2.75, 3.05) is 13.7 Å². The van der Waals surface area contributed by atoms with E-state index in [-0.39, 0.29) is 12.0 Å². The molecule has 2 unspecified atom stereocenters. The second-order valence-corrected chi connectivity index (χ2v) is 5.89. The zero-order valence-electron chi connectivity index (χ0n) is 11.3. The fourth-order valence-electron chi connectivity index (χ4n) is 2.36. The van der Waals surface area contributed by atoms with Crippen LogP contribution in [0.25, 0.3) is 0 Å². The lowest BCUT2D eigenvalue weighted by molar-refractivity contribution is -0.141. The van der Waals surface area contributed by atoms with Gasteiger partial charge >= 0.3 is 5.97 Å². The van der Waals surface area contributed by atoms with E-state index in [1.165, 1.54) is 24.8 Å². The van der Waals surface area contributed by atoms with Gasteiger partial charge in [0.15, 0.2) is 0 Å². The number of methoxy groups -OCH3 is 1. The number of rotatable bonds is 6. The van der Waals surface area contributed by atoms with Gasteiger partial charge in [-0.1, -0.05) is 18.2 Å². The molecule has 4 heteroatoms. The summed E-state index contributed by atoms with van der Waals surface area (Å²) >= 11 is 1.69. The molecule has 0 amide bonds. The maximum absolute atomic E-state index is 11.5. The van der Waals surface area contributed by atoms with E-state index in [0.717, 1.165) is 13.0 Å². The highest BCUT2D eigenvalue weighted by atomic mass is 32.1. The number of hydrogen-bond donors (Lipinski definition) is 1. The molecule has 1 aromatic rings. The normalized spacial score (nSPS) is 20.2. The predicted octanol–water partition coefficient (Wildman–Crippen LogP) is 3.30. The Bertz CT molecular complexity index is 414. The minimum Gasteiger partial charge on any atom is -0.469 e. The van der Waals surface area contributed by atoms with Crippen molar-refractivity contribution in [3.8, 4) is 0 Å². The molecular weight excluding hydrogens is 258 g/mol. The average molecular weight is 279 g/mol. The molecule has 0 radical (unpaired) electrons. The molecule has 1 aromatic heterocycles. The van der Waals surface area contributed by atoms with Crippen LogP contribution in [0.3, 0.4) is 0 Å². The number of hydrogen-bond acceptors (Lipinski definition) is 4. The molecule has 0 bridgehead atoms. The summed E-state index contributed by atoms with van der Waals surface area (Å²) in [6.07, 6.45) is 8.46. The second kappa shape index (κ2) is 7.46. The lowest BCUT2D eigenvalue weighted by atomic mass is 9.94. The Balaban J connectivity index is 1.90. The van der Waals surface area contributed by atoms with Crippen molar-refractivity contribution in [3.05, 3.63) is 34.5 Å². The highest BCUT2D eigenvalue weighted by Crippen LogP contribution is 2.24. The Morgan fingerprint density at radius 3 is 3.11 bits per heavy atom. The Morgan fingerprint density at radius 1 is 1.58 bits per heavy atom. The van der Waals surface area contributed by atoms with Crippen molar-refractivity contribution in [1.29, 1.82) is 0 Å². The third-order valence-electron chi connectivity index (χ3n) is 3.52. The van der Waals surface area contributed by atoms with Crippen LogP contribution < -0.4 is 5.32 Å². The Hall–Kier alpha value is -1.13. The molecule has 0 saturated heterocycles. The fourth-order valence-corrected chi connectivity index (χ4v) is 3.17. The maximum Gasteiger partial charge on any atom is 0.307 e. The van der Waals surface area contributed by atoms with Crippen LogP contribution in [0.15, 0.2) is 29.7 Å². The third-order valence-corrected chi connectivity index (χ3v) is 4.50. The number of allylic oxidation sites excluding steroid dienone is 2. The van der Waals surface area contributed by atoms with E-state index in [1.807, 2.05) is 11.4 Å².